The minimum absolute atomic E-state index is 0.124. The summed E-state index contributed by atoms with van der Waals surface area (Å²) in [5, 5.41) is 9.04. The minimum Gasteiger partial charge on any atom is -0.481 e. The van der Waals surface area contributed by atoms with E-state index in [4.69, 9.17) is 10.8 Å². The van der Waals surface area contributed by atoms with E-state index in [-0.39, 0.29) is 6.54 Å². The summed E-state index contributed by atoms with van der Waals surface area (Å²) in [6.07, 6.45) is 0.812. The Kier molecular flexibility index (Phi) is 4.29. The maximum Gasteiger partial charge on any atom is 0.312 e. The van der Waals surface area contributed by atoms with Gasteiger partial charge < -0.3 is 10.8 Å². The van der Waals surface area contributed by atoms with Crippen LogP contribution in [0.3, 0.4) is 0 Å². The average molecular weight is 272 g/mol. The zero-order valence-electron chi connectivity index (χ0n) is 8.53. The first-order valence-corrected chi connectivity index (χ1v) is 5.60. The van der Waals surface area contributed by atoms with Crippen LogP contribution >= 0.6 is 15.9 Å². The van der Waals surface area contributed by atoms with Crippen molar-refractivity contribution in [3.63, 3.8) is 0 Å². The molecule has 3 N–H and O–H groups in total. The normalized spacial score (nSPS) is 12.5. The van der Waals surface area contributed by atoms with Gasteiger partial charge in [0.1, 0.15) is 0 Å². The van der Waals surface area contributed by atoms with Crippen molar-refractivity contribution < 1.29 is 9.90 Å². The highest BCUT2D eigenvalue weighted by Gasteiger charge is 2.20. The van der Waals surface area contributed by atoms with Gasteiger partial charge in [-0.1, -0.05) is 28.9 Å². The van der Waals surface area contributed by atoms with Crippen molar-refractivity contribution in [3.8, 4) is 0 Å². The second-order valence-corrected chi connectivity index (χ2v) is 4.24. The maximum absolute atomic E-state index is 11.0. The van der Waals surface area contributed by atoms with Crippen LogP contribution in [-0.4, -0.2) is 17.6 Å². The van der Waals surface area contributed by atoms with Crippen molar-refractivity contribution >= 4 is 21.9 Å². The summed E-state index contributed by atoms with van der Waals surface area (Å²) in [6, 6.07) is 5.69. The van der Waals surface area contributed by atoms with E-state index < -0.39 is 11.9 Å². The third-order valence-electron chi connectivity index (χ3n) is 2.40. The average Bonchev–Trinajstić information content (AvgIpc) is 2.18. The molecule has 0 radical (unpaired) electrons. The summed E-state index contributed by atoms with van der Waals surface area (Å²) in [4.78, 5) is 11.0. The molecule has 1 aromatic rings. The molecular formula is C11H14BrNO2. The first-order chi connectivity index (χ1) is 7.10. The van der Waals surface area contributed by atoms with Gasteiger partial charge in [0.25, 0.3) is 0 Å². The van der Waals surface area contributed by atoms with Crippen LogP contribution in [0.4, 0.5) is 0 Å². The molecule has 0 aliphatic heterocycles. The molecule has 0 saturated heterocycles. The monoisotopic (exact) mass is 271 g/mol. The molecule has 0 aromatic heterocycles. The van der Waals surface area contributed by atoms with Gasteiger partial charge in [0.2, 0.25) is 0 Å². The van der Waals surface area contributed by atoms with Crippen molar-refractivity contribution in [2.75, 3.05) is 6.54 Å². The zero-order valence-corrected chi connectivity index (χ0v) is 10.1. The number of carboxylic acid groups (broad SMARTS) is 1. The summed E-state index contributed by atoms with van der Waals surface area (Å²) in [6.45, 7) is 2.13. The number of carbonyl (C=O) groups is 1. The van der Waals surface area contributed by atoms with Gasteiger partial charge in [-0.05, 0) is 29.7 Å². The van der Waals surface area contributed by atoms with Gasteiger partial charge >= 0.3 is 5.97 Å². The fourth-order valence-corrected chi connectivity index (χ4v) is 1.95. The van der Waals surface area contributed by atoms with E-state index in [0.29, 0.717) is 0 Å². The lowest BCUT2D eigenvalue weighted by Gasteiger charge is -2.14. The summed E-state index contributed by atoms with van der Waals surface area (Å²) < 4.78 is 0.884. The van der Waals surface area contributed by atoms with Crippen molar-refractivity contribution in [2.45, 2.75) is 19.3 Å². The number of rotatable bonds is 4. The Bertz CT molecular complexity index is 366. The SMILES string of the molecule is CCc1ccc(Br)cc1C(CN)C(=O)O. The molecule has 0 bridgehead atoms. The van der Waals surface area contributed by atoms with Gasteiger partial charge in [-0.3, -0.25) is 4.79 Å². The van der Waals surface area contributed by atoms with E-state index in [2.05, 4.69) is 15.9 Å². The van der Waals surface area contributed by atoms with E-state index in [1.807, 2.05) is 25.1 Å². The summed E-state index contributed by atoms with van der Waals surface area (Å²) in [5.74, 6) is -1.48. The number of nitrogens with two attached hydrogens (primary N) is 1. The summed E-state index contributed by atoms with van der Waals surface area (Å²) >= 11 is 3.34. The lowest BCUT2D eigenvalue weighted by atomic mass is 9.93. The number of hydrogen-bond donors (Lipinski definition) is 2. The van der Waals surface area contributed by atoms with Gasteiger partial charge in [0.15, 0.2) is 0 Å². The second kappa shape index (κ2) is 5.28. The predicted molar refractivity (Wildman–Crippen MR) is 63.0 cm³/mol. The van der Waals surface area contributed by atoms with E-state index >= 15 is 0 Å². The van der Waals surface area contributed by atoms with Gasteiger partial charge in [0, 0.05) is 11.0 Å². The molecule has 0 fully saturated rings. The standard InChI is InChI=1S/C11H14BrNO2/c1-2-7-3-4-8(12)5-9(7)10(6-13)11(14)15/h3-5,10H,2,6,13H2,1H3,(H,14,15). The van der Waals surface area contributed by atoms with Crippen molar-refractivity contribution in [1.29, 1.82) is 0 Å². The first-order valence-electron chi connectivity index (χ1n) is 4.81. The lowest BCUT2D eigenvalue weighted by Crippen LogP contribution is -2.22. The van der Waals surface area contributed by atoms with E-state index in [1.54, 1.807) is 0 Å². The minimum atomic E-state index is -0.870. The van der Waals surface area contributed by atoms with E-state index in [9.17, 15) is 4.79 Å². The number of hydrogen-bond acceptors (Lipinski definition) is 2. The molecule has 0 saturated carbocycles. The Balaban J connectivity index is 3.19. The molecule has 1 unspecified atom stereocenters. The third kappa shape index (κ3) is 2.79. The number of halogens is 1. The molecule has 0 heterocycles. The molecular weight excluding hydrogens is 258 g/mol. The molecule has 0 aliphatic carbocycles. The van der Waals surface area contributed by atoms with Gasteiger partial charge in [-0.15, -0.1) is 0 Å². The van der Waals surface area contributed by atoms with Crippen LogP contribution < -0.4 is 5.73 Å². The van der Waals surface area contributed by atoms with Crippen LogP contribution in [0.2, 0.25) is 0 Å². The Labute approximate surface area is 97.4 Å². The highest BCUT2D eigenvalue weighted by Crippen LogP contribution is 2.24. The fourth-order valence-electron chi connectivity index (χ4n) is 1.57. The number of carboxylic acids is 1. The number of aliphatic carboxylic acids is 1. The smallest absolute Gasteiger partial charge is 0.312 e. The van der Waals surface area contributed by atoms with Crippen LogP contribution in [0.25, 0.3) is 0 Å². The maximum atomic E-state index is 11.0. The molecule has 0 spiro atoms. The largest absolute Gasteiger partial charge is 0.481 e. The van der Waals surface area contributed by atoms with Crippen LogP contribution in [-0.2, 0) is 11.2 Å². The van der Waals surface area contributed by atoms with E-state index in [0.717, 1.165) is 22.0 Å². The topological polar surface area (TPSA) is 63.3 Å². The zero-order chi connectivity index (χ0) is 11.4. The fraction of sp³-hybridized carbons (Fsp3) is 0.364. The molecule has 1 aromatic carbocycles. The van der Waals surface area contributed by atoms with Crippen LogP contribution in [0, 0.1) is 0 Å². The Morgan fingerprint density at radius 1 is 1.60 bits per heavy atom. The van der Waals surface area contributed by atoms with Gasteiger partial charge in [0.05, 0.1) is 5.92 Å². The Hall–Kier alpha value is -0.870. The number of aryl methyl sites for hydroxylation is 1. The predicted octanol–water partition coefficient (Wildman–Crippen LogP) is 2.14. The van der Waals surface area contributed by atoms with Crippen molar-refractivity contribution in [2.24, 2.45) is 5.73 Å². The summed E-state index contributed by atoms with van der Waals surface area (Å²) in [5.41, 5.74) is 7.33. The molecule has 0 aliphatic rings. The summed E-state index contributed by atoms with van der Waals surface area (Å²) in [7, 11) is 0. The Morgan fingerprint density at radius 2 is 2.27 bits per heavy atom. The molecule has 82 valence electrons. The quantitative estimate of drug-likeness (QED) is 0.882. The molecule has 1 atom stereocenters. The third-order valence-corrected chi connectivity index (χ3v) is 2.89. The molecule has 4 heteroatoms. The highest BCUT2D eigenvalue weighted by atomic mass is 79.9. The molecule has 15 heavy (non-hydrogen) atoms. The molecule has 0 amide bonds. The Morgan fingerprint density at radius 3 is 2.73 bits per heavy atom. The second-order valence-electron chi connectivity index (χ2n) is 3.32. The molecule has 3 nitrogen and oxygen atoms in total. The molecule has 1 rings (SSSR count). The lowest BCUT2D eigenvalue weighted by molar-refractivity contribution is -0.138. The highest BCUT2D eigenvalue weighted by molar-refractivity contribution is 9.10. The van der Waals surface area contributed by atoms with Crippen LogP contribution in [0.15, 0.2) is 22.7 Å². The number of benzene rings is 1. The van der Waals surface area contributed by atoms with Crippen LogP contribution in [0.1, 0.15) is 24.0 Å². The van der Waals surface area contributed by atoms with E-state index in [1.165, 1.54) is 0 Å². The first kappa shape index (κ1) is 12.2. The van der Waals surface area contributed by atoms with Crippen LogP contribution in [0.5, 0.6) is 0 Å². The van der Waals surface area contributed by atoms with Crippen molar-refractivity contribution in [1.82, 2.24) is 0 Å². The van der Waals surface area contributed by atoms with Gasteiger partial charge in [-0.25, -0.2) is 0 Å². The van der Waals surface area contributed by atoms with Gasteiger partial charge in [-0.2, -0.15) is 0 Å². The van der Waals surface area contributed by atoms with Crippen molar-refractivity contribution in [3.05, 3.63) is 33.8 Å².